The summed E-state index contributed by atoms with van der Waals surface area (Å²) in [5.41, 5.74) is 1.62. The van der Waals surface area contributed by atoms with E-state index in [9.17, 15) is 10.2 Å². The number of phenols is 1. The van der Waals surface area contributed by atoms with Crippen LogP contribution in [0.4, 0.5) is 5.69 Å². The third-order valence-electron chi connectivity index (χ3n) is 2.91. The van der Waals surface area contributed by atoms with Crippen molar-refractivity contribution in [3.63, 3.8) is 0 Å². The number of hydrogen-bond acceptors (Lipinski definition) is 5. The molecule has 0 aliphatic carbocycles. The molecule has 1 heterocycles. The molecule has 0 atom stereocenters. The van der Waals surface area contributed by atoms with Crippen LogP contribution in [0.5, 0.6) is 11.7 Å². The molecule has 0 saturated carbocycles. The molecule has 2 aromatic carbocycles. The Kier molecular flexibility index (Phi) is 3.93. The van der Waals surface area contributed by atoms with Crippen LogP contribution in [0.3, 0.4) is 0 Å². The predicted molar refractivity (Wildman–Crippen MR) is 86.7 cm³/mol. The normalized spacial score (nSPS) is 11.1. The highest BCUT2D eigenvalue weighted by Crippen LogP contribution is 2.27. The van der Waals surface area contributed by atoms with Gasteiger partial charge in [-0.05, 0) is 48.5 Å². The van der Waals surface area contributed by atoms with E-state index in [1.54, 1.807) is 12.1 Å². The molecule has 22 heavy (non-hydrogen) atoms. The van der Waals surface area contributed by atoms with Crippen LogP contribution in [-0.4, -0.2) is 21.4 Å². The minimum Gasteiger partial charge on any atom is -0.508 e. The van der Waals surface area contributed by atoms with Gasteiger partial charge in [0.2, 0.25) is 5.89 Å². The first kappa shape index (κ1) is 14.3. The minimum atomic E-state index is -0.291. The van der Waals surface area contributed by atoms with Gasteiger partial charge in [0.05, 0.1) is 11.9 Å². The van der Waals surface area contributed by atoms with Crippen molar-refractivity contribution in [3.05, 3.63) is 58.7 Å². The number of aliphatic imine (C=N–C) groups is 1. The van der Waals surface area contributed by atoms with Crippen molar-refractivity contribution in [1.29, 1.82) is 0 Å². The van der Waals surface area contributed by atoms with Crippen LogP contribution in [0.25, 0.3) is 11.5 Å². The zero-order valence-electron chi connectivity index (χ0n) is 11.3. The fraction of sp³-hybridized carbons (Fsp3) is 0. The summed E-state index contributed by atoms with van der Waals surface area (Å²) in [6.45, 7) is 0. The van der Waals surface area contributed by atoms with E-state index in [1.165, 1.54) is 18.3 Å². The third kappa shape index (κ3) is 3.17. The Morgan fingerprint density at radius 2 is 1.68 bits per heavy atom. The molecule has 2 N–H and O–H groups in total. The summed E-state index contributed by atoms with van der Waals surface area (Å²) in [5.74, 6) is 0.193. The monoisotopic (exact) mass is 358 g/mol. The van der Waals surface area contributed by atoms with E-state index in [4.69, 9.17) is 4.42 Å². The second-order valence-electron chi connectivity index (χ2n) is 4.49. The van der Waals surface area contributed by atoms with Crippen molar-refractivity contribution in [2.24, 2.45) is 4.99 Å². The maximum Gasteiger partial charge on any atom is 0.312 e. The molecule has 0 aliphatic heterocycles. The summed E-state index contributed by atoms with van der Waals surface area (Å²) in [7, 11) is 0. The summed E-state index contributed by atoms with van der Waals surface area (Å²) in [5, 5.41) is 19.0. The number of phenolic OH excluding ortho intramolecular Hbond substituents is 1. The molecule has 0 amide bonds. The summed E-state index contributed by atoms with van der Waals surface area (Å²) in [6.07, 6.45) is 1.41. The van der Waals surface area contributed by atoms with Gasteiger partial charge in [-0.25, -0.2) is 4.98 Å². The number of halogens is 1. The van der Waals surface area contributed by atoms with Crippen molar-refractivity contribution in [2.75, 3.05) is 0 Å². The van der Waals surface area contributed by atoms with Crippen LogP contribution in [0.15, 0.2) is 62.4 Å². The molecule has 0 spiro atoms. The van der Waals surface area contributed by atoms with Gasteiger partial charge in [0.25, 0.3) is 0 Å². The van der Waals surface area contributed by atoms with E-state index in [0.717, 1.165) is 10.0 Å². The van der Waals surface area contributed by atoms with Gasteiger partial charge in [-0.15, -0.1) is 0 Å². The molecule has 0 aliphatic rings. The van der Waals surface area contributed by atoms with E-state index in [-0.39, 0.29) is 17.4 Å². The van der Waals surface area contributed by atoms with Crippen LogP contribution >= 0.6 is 15.9 Å². The van der Waals surface area contributed by atoms with Gasteiger partial charge in [-0.3, -0.25) is 4.99 Å². The highest BCUT2D eigenvalue weighted by molar-refractivity contribution is 9.10. The highest BCUT2D eigenvalue weighted by atomic mass is 79.9. The van der Waals surface area contributed by atoms with Crippen LogP contribution < -0.4 is 0 Å². The third-order valence-corrected chi connectivity index (χ3v) is 3.44. The lowest BCUT2D eigenvalue weighted by atomic mass is 10.2. The van der Waals surface area contributed by atoms with Gasteiger partial charge in [0.1, 0.15) is 5.75 Å². The van der Waals surface area contributed by atoms with Gasteiger partial charge in [-0.1, -0.05) is 15.9 Å². The van der Waals surface area contributed by atoms with Gasteiger partial charge >= 0.3 is 5.95 Å². The maximum absolute atomic E-state index is 9.80. The van der Waals surface area contributed by atoms with E-state index in [1.807, 2.05) is 24.3 Å². The number of hydrogen-bond donors (Lipinski definition) is 2. The van der Waals surface area contributed by atoms with Gasteiger partial charge < -0.3 is 14.6 Å². The zero-order chi connectivity index (χ0) is 15.5. The number of aromatic nitrogens is 1. The average molecular weight is 359 g/mol. The summed E-state index contributed by atoms with van der Waals surface area (Å²) < 4.78 is 6.19. The number of oxazole rings is 1. The Morgan fingerprint density at radius 1 is 1.00 bits per heavy atom. The molecule has 5 nitrogen and oxygen atoms in total. The first-order valence-electron chi connectivity index (χ1n) is 6.40. The quantitative estimate of drug-likeness (QED) is 0.685. The number of nitrogens with zero attached hydrogens (tertiary/aromatic N) is 2. The van der Waals surface area contributed by atoms with E-state index < -0.39 is 0 Å². The number of aromatic hydroxyl groups is 2. The fourth-order valence-corrected chi connectivity index (χ4v) is 2.06. The highest BCUT2D eigenvalue weighted by Gasteiger charge is 2.12. The zero-order valence-corrected chi connectivity index (χ0v) is 12.9. The van der Waals surface area contributed by atoms with E-state index >= 15 is 0 Å². The molecule has 0 bridgehead atoms. The molecule has 6 heteroatoms. The molecule has 110 valence electrons. The lowest BCUT2D eigenvalue weighted by molar-refractivity contribution is 0.337. The van der Waals surface area contributed by atoms with Crippen LogP contribution in [0, 0.1) is 0 Å². The second kappa shape index (κ2) is 6.03. The van der Waals surface area contributed by atoms with Crippen LogP contribution in [0.1, 0.15) is 5.69 Å². The molecule has 3 aromatic rings. The Balaban J connectivity index is 1.86. The smallest absolute Gasteiger partial charge is 0.312 e. The second-order valence-corrected chi connectivity index (χ2v) is 5.41. The number of benzene rings is 2. The van der Waals surface area contributed by atoms with Crippen molar-refractivity contribution in [3.8, 4) is 23.1 Å². The summed E-state index contributed by atoms with van der Waals surface area (Å²) in [6, 6.07) is 13.7. The Labute approximate surface area is 134 Å². The molecular weight excluding hydrogens is 348 g/mol. The van der Waals surface area contributed by atoms with Crippen LogP contribution in [0.2, 0.25) is 0 Å². The minimum absolute atomic E-state index is 0.167. The van der Waals surface area contributed by atoms with Crippen molar-refractivity contribution < 1.29 is 14.6 Å². The number of rotatable bonds is 3. The Morgan fingerprint density at radius 3 is 2.36 bits per heavy atom. The first-order chi connectivity index (χ1) is 10.6. The van der Waals surface area contributed by atoms with Gasteiger partial charge in [0, 0.05) is 10.0 Å². The van der Waals surface area contributed by atoms with E-state index in [2.05, 4.69) is 25.9 Å². The lowest BCUT2D eigenvalue weighted by Crippen LogP contribution is -1.82. The lowest BCUT2D eigenvalue weighted by Gasteiger charge is -1.94. The van der Waals surface area contributed by atoms with E-state index in [0.29, 0.717) is 11.6 Å². The van der Waals surface area contributed by atoms with Crippen molar-refractivity contribution >= 4 is 27.8 Å². The summed E-state index contributed by atoms with van der Waals surface area (Å²) >= 11 is 3.35. The maximum atomic E-state index is 9.80. The molecule has 0 unspecified atom stereocenters. The molecule has 0 saturated heterocycles. The van der Waals surface area contributed by atoms with Gasteiger partial charge in [-0.2, -0.15) is 0 Å². The average Bonchev–Trinajstić information content (AvgIpc) is 2.88. The fourth-order valence-electron chi connectivity index (χ4n) is 1.80. The van der Waals surface area contributed by atoms with Crippen molar-refractivity contribution in [1.82, 2.24) is 4.98 Å². The molecular formula is C16H11BrN2O3. The topological polar surface area (TPSA) is 78.9 Å². The molecule has 1 aromatic heterocycles. The first-order valence-corrected chi connectivity index (χ1v) is 7.20. The largest absolute Gasteiger partial charge is 0.508 e. The van der Waals surface area contributed by atoms with Gasteiger partial charge in [0.15, 0.2) is 5.69 Å². The molecule has 0 fully saturated rings. The standard InChI is InChI=1S/C16H11BrN2O3/c17-11-3-1-10(2-4-11)15-19-14(16(21)22-15)9-18-12-5-7-13(20)8-6-12/h1-9,20-21H. The SMILES string of the molecule is Oc1ccc(N=Cc2nc(-c3ccc(Br)cc3)oc2O)cc1. The van der Waals surface area contributed by atoms with Crippen LogP contribution in [-0.2, 0) is 0 Å². The predicted octanol–water partition coefficient (Wildman–Crippen LogP) is 4.27. The molecule has 3 rings (SSSR count). The van der Waals surface area contributed by atoms with Crippen molar-refractivity contribution in [2.45, 2.75) is 0 Å². The Bertz CT molecular complexity index is 808. The Hall–Kier alpha value is -2.60. The summed E-state index contributed by atoms with van der Waals surface area (Å²) in [4.78, 5) is 8.39. The molecule has 0 radical (unpaired) electrons.